The largest absolute Gasteiger partial charge is 0.475 e. The SMILES string of the molecule is C=C[C@H]1C[C@H]2OB([C@@H](N)CC(C)C)O[C@@]2(C)CC1(C)C. The van der Waals surface area contributed by atoms with Crippen molar-refractivity contribution in [1.29, 1.82) is 0 Å². The second kappa shape index (κ2) is 5.47. The molecule has 0 bridgehead atoms. The minimum absolute atomic E-state index is 0.0391. The zero-order valence-corrected chi connectivity index (χ0v) is 13.7. The van der Waals surface area contributed by atoms with Crippen LogP contribution in [0.5, 0.6) is 0 Å². The quantitative estimate of drug-likeness (QED) is 0.635. The summed E-state index contributed by atoms with van der Waals surface area (Å²) in [6.07, 6.45) is 5.12. The summed E-state index contributed by atoms with van der Waals surface area (Å²) in [6.45, 7) is 15.1. The van der Waals surface area contributed by atoms with Crippen LogP contribution in [0.3, 0.4) is 0 Å². The van der Waals surface area contributed by atoms with Crippen LogP contribution in [0, 0.1) is 17.3 Å². The first kappa shape index (κ1) is 16.1. The Morgan fingerprint density at radius 1 is 1.40 bits per heavy atom. The first-order valence-corrected chi connectivity index (χ1v) is 7.89. The van der Waals surface area contributed by atoms with Crippen LogP contribution < -0.4 is 5.73 Å². The first-order valence-electron chi connectivity index (χ1n) is 7.89. The van der Waals surface area contributed by atoms with Crippen molar-refractivity contribution in [3.05, 3.63) is 12.7 Å². The normalized spacial score (nSPS) is 37.9. The average molecular weight is 279 g/mol. The molecule has 2 fully saturated rings. The van der Waals surface area contributed by atoms with E-state index in [0.29, 0.717) is 11.8 Å². The second-order valence-corrected chi connectivity index (χ2v) is 7.96. The van der Waals surface area contributed by atoms with Gasteiger partial charge in [-0.2, -0.15) is 0 Å². The molecule has 0 spiro atoms. The third-order valence-corrected chi connectivity index (χ3v) is 5.02. The van der Waals surface area contributed by atoms with Crippen molar-refractivity contribution in [2.75, 3.05) is 0 Å². The zero-order chi connectivity index (χ0) is 15.1. The number of hydrogen-bond acceptors (Lipinski definition) is 3. The molecule has 3 nitrogen and oxygen atoms in total. The highest BCUT2D eigenvalue weighted by molar-refractivity contribution is 6.47. The highest BCUT2D eigenvalue weighted by atomic mass is 16.7. The van der Waals surface area contributed by atoms with Gasteiger partial charge in [0.25, 0.3) is 0 Å². The Balaban J connectivity index is 2.10. The minimum atomic E-state index is -0.258. The maximum Gasteiger partial charge on any atom is 0.475 e. The number of rotatable bonds is 4. The van der Waals surface area contributed by atoms with Crippen LogP contribution in [0.1, 0.15) is 53.9 Å². The van der Waals surface area contributed by atoms with E-state index in [2.05, 4.69) is 47.3 Å². The lowest BCUT2D eigenvalue weighted by Gasteiger charge is -2.47. The van der Waals surface area contributed by atoms with E-state index >= 15 is 0 Å². The fourth-order valence-corrected chi connectivity index (χ4v) is 3.98. The lowest BCUT2D eigenvalue weighted by atomic mass is 9.62. The van der Waals surface area contributed by atoms with Crippen molar-refractivity contribution < 1.29 is 9.31 Å². The number of allylic oxidation sites excluding steroid dienone is 1. The van der Waals surface area contributed by atoms with Crippen molar-refractivity contribution in [3.63, 3.8) is 0 Å². The molecule has 20 heavy (non-hydrogen) atoms. The van der Waals surface area contributed by atoms with Crippen molar-refractivity contribution in [1.82, 2.24) is 0 Å². The summed E-state index contributed by atoms with van der Waals surface area (Å²) < 4.78 is 12.4. The Labute approximate surface area is 124 Å². The van der Waals surface area contributed by atoms with Gasteiger partial charge in [0.1, 0.15) is 0 Å². The summed E-state index contributed by atoms with van der Waals surface area (Å²) in [7, 11) is -0.258. The monoisotopic (exact) mass is 279 g/mol. The molecule has 4 heteroatoms. The molecule has 0 aromatic heterocycles. The molecule has 0 radical (unpaired) electrons. The van der Waals surface area contributed by atoms with Gasteiger partial charge in [0.2, 0.25) is 0 Å². The van der Waals surface area contributed by atoms with Crippen LogP contribution in [0.4, 0.5) is 0 Å². The Morgan fingerprint density at radius 3 is 2.60 bits per heavy atom. The van der Waals surface area contributed by atoms with Crippen LogP contribution in [0.25, 0.3) is 0 Å². The lowest BCUT2D eigenvalue weighted by Crippen LogP contribution is -2.49. The second-order valence-electron chi connectivity index (χ2n) is 7.96. The fraction of sp³-hybridized carbons (Fsp3) is 0.875. The van der Waals surface area contributed by atoms with E-state index in [1.165, 1.54) is 0 Å². The highest BCUT2D eigenvalue weighted by Crippen LogP contribution is 2.51. The number of nitrogens with two attached hydrogens (primary N) is 1. The highest BCUT2D eigenvalue weighted by Gasteiger charge is 2.56. The third-order valence-electron chi connectivity index (χ3n) is 5.02. The van der Waals surface area contributed by atoms with E-state index in [1.54, 1.807) is 0 Å². The van der Waals surface area contributed by atoms with Gasteiger partial charge < -0.3 is 15.0 Å². The Kier molecular flexibility index (Phi) is 4.39. The van der Waals surface area contributed by atoms with Crippen molar-refractivity contribution >= 4 is 7.12 Å². The predicted molar refractivity (Wildman–Crippen MR) is 84.2 cm³/mol. The molecule has 1 aliphatic heterocycles. The van der Waals surface area contributed by atoms with Gasteiger partial charge in [0.05, 0.1) is 11.7 Å². The Bertz CT molecular complexity index is 371. The van der Waals surface area contributed by atoms with E-state index in [0.717, 1.165) is 19.3 Å². The van der Waals surface area contributed by atoms with E-state index in [4.69, 9.17) is 15.0 Å². The van der Waals surface area contributed by atoms with Crippen LogP contribution in [-0.2, 0) is 9.31 Å². The van der Waals surface area contributed by atoms with Crippen LogP contribution in [0.15, 0.2) is 12.7 Å². The molecule has 1 aliphatic carbocycles. The summed E-state index contributed by atoms with van der Waals surface area (Å²) in [5, 5.41) is 0. The molecule has 2 rings (SSSR count). The molecular weight excluding hydrogens is 249 g/mol. The van der Waals surface area contributed by atoms with Crippen LogP contribution >= 0.6 is 0 Å². The molecule has 0 unspecified atom stereocenters. The number of fused-ring (bicyclic) bond motifs is 1. The Hall–Kier alpha value is -0.315. The van der Waals surface area contributed by atoms with Gasteiger partial charge in [-0.1, -0.05) is 33.8 Å². The maximum atomic E-state index is 6.26. The van der Waals surface area contributed by atoms with Crippen LogP contribution in [0.2, 0.25) is 0 Å². The molecule has 1 saturated carbocycles. The summed E-state index contributed by atoms with van der Waals surface area (Å²) in [6, 6.07) is 0. The number of hydrogen-bond donors (Lipinski definition) is 1. The molecule has 0 amide bonds. The minimum Gasteiger partial charge on any atom is -0.404 e. The maximum absolute atomic E-state index is 6.26. The van der Waals surface area contributed by atoms with Gasteiger partial charge in [-0.05, 0) is 43.4 Å². The van der Waals surface area contributed by atoms with Crippen molar-refractivity contribution in [3.8, 4) is 0 Å². The fourth-order valence-electron chi connectivity index (χ4n) is 3.98. The molecule has 1 saturated heterocycles. The standard InChI is InChI=1S/C16H30BNO2/c1-7-12-9-13-16(6,10-15(12,4)5)20-17(19-13)14(18)8-11(2)3/h7,11-14H,1,8-10,18H2,2-6H3/t12-,13+,14-,16-/m0/s1. The molecule has 1 heterocycles. The molecule has 2 aliphatic rings. The smallest absolute Gasteiger partial charge is 0.404 e. The molecule has 2 N–H and O–H groups in total. The summed E-state index contributed by atoms with van der Waals surface area (Å²) >= 11 is 0. The van der Waals surface area contributed by atoms with Crippen molar-refractivity contribution in [2.24, 2.45) is 23.0 Å². The van der Waals surface area contributed by atoms with Gasteiger partial charge >= 0.3 is 7.12 Å². The molecule has 0 aromatic carbocycles. The van der Waals surface area contributed by atoms with Crippen LogP contribution in [-0.4, -0.2) is 24.8 Å². The van der Waals surface area contributed by atoms with Crippen molar-refractivity contribution in [2.45, 2.75) is 71.5 Å². The van der Waals surface area contributed by atoms with Gasteiger partial charge in [-0.3, -0.25) is 0 Å². The van der Waals surface area contributed by atoms with Gasteiger partial charge in [0.15, 0.2) is 0 Å². The molecule has 0 aromatic rings. The van der Waals surface area contributed by atoms with E-state index in [1.807, 2.05) is 0 Å². The first-order chi connectivity index (χ1) is 9.18. The molecular formula is C16H30BNO2. The third kappa shape index (κ3) is 2.97. The van der Waals surface area contributed by atoms with Gasteiger partial charge in [-0.25, -0.2) is 0 Å². The van der Waals surface area contributed by atoms with Gasteiger partial charge in [0, 0.05) is 5.94 Å². The van der Waals surface area contributed by atoms with E-state index in [-0.39, 0.29) is 30.2 Å². The Morgan fingerprint density at radius 2 is 2.05 bits per heavy atom. The zero-order valence-electron chi connectivity index (χ0n) is 13.7. The molecule has 4 atom stereocenters. The summed E-state index contributed by atoms with van der Waals surface area (Å²) in [5.41, 5.74) is 6.25. The average Bonchev–Trinajstić information content (AvgIpc) is 2.61. The lowest BCUT2D eigenvalue weighted by molar-refractivity contribution is -0.0502. The molecule has 114 valence electrons. The summed E-state index contributed by atoms with van der Waals surface area (Å²) in [4.78, 5) is 0. The van der Waals surface area contributed by atoms with Gasteiger partial charge in [-0.15, -0.1) is 6.58 Å². The van der Waals surface area contributed by atoms with E-state index < -0.39 is 0 Å². The topological polar surface area (TPSA) is 44.5 Å². The summed E-state index contributed by atoms with van der Waals surface area (Å²) in [5.74, 6) is 0.997. The van der Waals surface area contributed by atoms with E-state index in [9.17, 15) is 0 Å². The predicted octanol–water partition coefficient (Wildman–Crippen LogP) is 3.18.